The summed E-state index contributed by atoms with van der Waals surface area (Å²) in [5.74, 6) is 0.851. The first-order chi connectivity index (χ1) is 13.1. The Morgan fingerprint density at radius 2 is 2.19 bits per heavy atom. The van der Waals surface area contributed by atoms with Gasteiger partial charge in [-0.05, 0) is 19.1 Å². The quantitative estimate of drug-likeness (QED) is 0.748. The normalized spacial score (nSPS) is 16.0. The lowest BCUT2D eigenvalue weighted by atomic mass is 10.2. The third kappa shape index (κ3) is 3.31. The van der Waals surface area contributed by atoms with Crippen LogP contribution in [0.2, 0.25) is 0 Å². The predicted octanol–water partition coefficient (Wildman–Crippen LogP) is 1.41. The summed E-state index contributed by atoms with van der Waals surface area (Å²) in [6.45, 7) is 3.25. The van der Waals surface area contributed by atoms with Crippen LogP contribution in [0.15, 0.2) is 47.6 Å². The average molecular weight is 366 g/mol. The number of hydrogen-bond donors (Lipinski definition) is 1. The molecule has 1 atom stereocenters. The van der Waals surface area contributed by atoms with E-state index in [0.29, 0.717) is 42.6 Å². The summed E-state index contributed by atoms with van der Waals surface area (Å²) in [5.41, 5.74) is 0.609. The predicted molar refractivity (Wildman–Crippen MR) is 93.6 cm³/mol. The Hall–Kier alpha value is -3.49. The van der Waals surface area contributed by atoms with Crippen LogP contribution < -0.4 is 5.32 Å². The van der Waals surface area contributed by atoms with Gasteiger partial charge in [-0.1, -0.05) is 0 Å². The zero-order chi connectivity index (χ0) is 18.8. The minimum atomic E-state index is -0.285. The molecule has 0 saturated carbocycles. The summed E-state index contributed by atoms with van der Waals surface area (Å²) >= 11 is 0. The molecule has 9 nitrogen and oxygen atoms in total. The van der Waals surface area contributed by atoms with E-state index in [-0.39, 0.29) is 17.9 Å². The van der Waals surface area contributed by atoms with Crippen molar-refractivity contribution in [3.05, 3.63) is 66.2 Å². The van der Waals surface area contributed by atoms with Crippen molar-refractivity contribution >= 4 is 11.8 Å². The Kier molecular flexibility index (Phi) is 4.41. The van der Waals surface area contributed by atoms with Gasteiger partial charge < -0.3 is 19.2 Å². The minimum Gasteiger partial charge on any atom is -0.467 e. The third-order valence-electron chi connectivity index (χ3n) is 4.51. The first kappa shape index (κ1) is 17.0. The Morgan fingerprint density at radius 3 is 2.93 bits per heavy atom. The number of furan rings is 1. The second-order valence-electron chi connectivity index (χ2n) is 6.20. The van der Waals surface area contributed by atoms with Crippen LogP contribution in [0.5, 0.6) is 0 Å². The number of hydrogen-bond acceptors (Lipinski definition) is 6. The molecule has 0 spiro atoms. The number of amides is 2. The number of nitrogens with one attached hydrogen (secondary N) is 1. The molecule has 9 heteroatoms. The SMILES string of the molecule is C[C@H]1c2nc(C(=O)NCc3ccco3)cn2CCN1C(=O)c1cnccn1. The first-order valence-electron chi connectivity index (χ1n) is 8.58. The summed E-state index contributed by atoms with van der Waals surface area (Å²) < 4.78 is 7.11. The maximum absolute atomic E-state index is 12.7. The van der Waals surface area contributed by atoms with E-state index in [1.54, 1.807) is 29.5 Å². The van der Waals surface area contributed by atoms with Gasteiger partial charge in [-0.25, -0.2) is 9.97 Å². The van der Waals surface area contributed by atoms with Crippen molar-refractivity contribution in [3.8, 4) is 0 Å². The number of nitrogens with zero attached hydrogens (tertiary/aromatic N) is 5. The smallest absolute Gasteiger partial charge is 0.274 e. The second-order valence-corrected chi connectivity index (χ2v) is 6.20. The molecule has 27 heavy (non-hydrogen) atoms. The summed E-state index contributed by atoms with van der Waals surface area (Å²) in [6.07, 6.45) is 7.74. The molecule has 2 amide bonds. The van der Waals surface area contributed by atoms with Crippen molar-refractivity contribution in [2.24, 2.45) is 0 Å². The fourth-order valence-electron chi connectivity index (χ4n) is 3.11. The molecule has 1 aliphatic heterocycles. The maximum atomic E-state index is 12.7. The second kappa shape index (κ2) is 7.02. The first-order valence-corrected chi connectivity index (χ1v) is 8.58. The molecule has 1 aliphatic rings. The molecular formula is C18H18N6O3. The highest BCUT2D eigenvalue weighted by molar-refractivity contribution is 5.93. The Morgan fingerprint density at radius 1 is 1.30 bits per heavy atom. The number of carbonyl (C=O) groups excluding carboxylic acids is 2. The molecule has 0 unspecified atom stereocenters. The van der Waals surface area contributed by atoms with Crippen molar-refractivity contribution in [1.82, 2.24) is 29.7 Å². The van der Waals surface area contributed by atoms with E-state index in [2.05, 4.69) is 20.3 Å². The van der Waals surface area contributed by atoms with E-state index < -0.39 is 0 Å². The molecule has 1 N–H and O–H groups in total. The van der Waals surface area contributed by atoms with Crippen molar-refractivity contribution in [3.63, 3.8) is 0 Å². The summed E-state index contributed by atoms with van der Waals surface area (Å²) in [5, 5.41) is 2.78. The Labute approximate surface area is 155 Å². The number of aromatic nitrogens is 4. The molecule has 4 rings (SSSR count). The van der Waals surface area contributed by atoms with Gasteiger partial charge in [0, 0.05) is 31.7 Å². The molecule has 3 aromatic rings. The van der Waals surface area contributed by atoms with E-state index in [0.717, 1.165) is 0 Å². The van der Waals surface area contributed by atoms with E-state index in [4.69, 9.17) is 4.42 Å². The van der Waals surface area contributed by atoms with Crippen molar-refractivity contribution in [1.29, 1.82) is 0 Å². The van der Waals surface area contributed by atoms with Gasteiger partial charge in [0.05, 0.1) is 25.0 Å². The highest BCUT2D eigenvalue weighted by Crippen LogP contribution is 2.25. The molecule has 0 bridgehead atoms. The van der Waals surface area contributed by atoms with Crippen LogP contribution in [0.3, 0.4) is 0 Å². The van der Waals surface area contributed by atoms with Crippen LogP contribution in [0.1, 0.15) is 45.5 Å². The third-order valence-corrected chi connectivity index (χ3v) is 4.51. The van der Waals surface area contributed by atoms with Gasteiger partial charge in [0.1, 0.15) is 23.0 Å². The molecule has 0 saturated heterocycles. The highest BCUT2D eigenvalue weighted by Gasteiger charge is 2.31. The van der Waals surface area contributed by atoms with Crippen LogP contribution in [0, 0.1) is 0 Å². The van der Waals surface area contributed by atoms with Gasteiger partial charge in [-0.3, -0.25) is 14.6 Å². The molecule has 0 aliphatic carbocycles. The fraction of sp³-hybridized carbons (Fsp3) is 0.278. The molecule has 4 heterocycles. The van der Waals surface area contributed by atoms with Crippen LogP contribution in [0.4, 0.5) is 0 Å². The number of carbonyl (C=O) groups is 2. The van der Waals surface area contributed by atoms with Gasteiger partial charge in [-0.15, -0.1) is 0 Å². The van der Waals surface area contributed by atoms with E-state index >= 15 is 0 Å². The molecule has 0 radical (unpaired) electrons. The lowest BCUT2D eigenvalue weighted by Gasteiger charge is -2.33. The largest absolute Gasteiger partial charge is 0.467 e. The van der Waals surface area contributed by atoms with Crippen LogP contribution in [0.25, 0.3) is 0 Å². The standard InChI is InChI=1S/C18H18N6O3/c1-12-16-22-15(17(25)21-9-13-3-2-8-27-13)11-23(16)6-7-24(12)18(26)14-10-19-4-5-20-14/h2-5,8,10-12H,6-7,9H2,1H3,(H,21,25)/t12-/m0/s1. The zero-order valence-electron chi connectivity index (χ0n) is 14.7. The van der Waals surface area contributed by atoms with Crippen molar-refractivity contribution in [2.75, 3.05) is 6.54 Å². The van der Waals surface area contributed by atoms with Gasteiger partial charge in [0.2, 0.25) is 0 Å². The Balaban J connectivity index is 1.49. The molecule has 0 aromatic carbocycles. The van der Waals surface area contributed by atoms with Crippen molar-refractivity contribution < 1.29 is 14.0 Å². The number of imidazole rings is 1. The number of fused-ring (bicyclic) bond motifs is 1. The maximum Gasteiger partial charge on any atom is 0.274 e. The van der Waals surface area contributed by atoms with Crippen LogP contribution >= 0.6 is 0 Å². The highest BCUT2D eigenvalue weighted by atomic mass is 16.3. The minimum absolute atomic E-state index is 0.200. The van der Waals surface area contributed by atoms with Gasteiger partial charge in [-0.2, -0.15) is 0 Å². The average Bonchev–Trinajstić information content (AvgIpc) is 3.37. The number of rotatable bonds is 4. The van der Waals surface area contributed by atoms with E-state index in [1.807, 2.05) is 11.5 Å². The topological polar surface area (TPSA) is 106 Å². The fourth-order valence-corrected chi connectivity index (χ4v) is 3.11. The van der Waals surface area contributed by atoms with E-state index in [9.17, 15) is 9.59 Å². The monoisotopic (exact) mass is 366 g/mol. The van der Waals surface area contributed by atoms with Gasteiger partial charge >= 0.3 is 0 Å². The Bertz CT molecular complexity index is 951. The summed E-state index contributed by atoms with van der Waals surface area (Å²) in [7, 11) is 0. The zero-order valence-corrected chi connectivity index (χ0v) is 14.7. The molecular weight excluding hydrogens is 348 g/mol. The van der Waals surface area contributed by atoms with Crippen LogP contribution in [-0.2, 0) is 13.1 Å². The summed E-state index contributed by atoms with van der Waals surface area (Å²) in [6, 6.07) is 3.28. The molecule has 0 fully saturated rings. The van der Waals surface area contributed by atoms with Gasteiger partial charge in [0.25, 0.3) is 11.8 Å². The summed E-state index contributed by atoms with van der Waals surface area (Å²) in [4.78, 5) is 39.2. The lowest BCUT2D eigenvalue weighted by Crippen LogP contribution is -2.41. The lowest BCUT2D eigenvalue weighted by molar-refractivity contribution is 0.0631. The van der Waals surface area contributed by atoms with Crippen LogP contribution in [-0.4, -0.2) is 42.8 Å². The van der Waals surface area contributed by atoms with Gasteiger partial charge in [0.15, 0.2) is 0 Å². The van der Waals surface area contributed by atoms with E-state index in [1.165, 1.54) is 18.6 Å². The molecule has 138 valence electrons. The van der Waals surface area contributed by atoms with Crippen molar-refractivity contribution in [2.45, 2.75) is 26.1 Å². The molecule has 3 aromatic heterocycles.